The third kappa shape index (κ3) is 6.42. The van der Waals surface area contributed by atoms with E-state index in [0.29, 0.717) is 54.7 Å². The molecule has 2 aromatic rings. The van der Waals surface area contributed by atoms with E-state index in [9.17, 15) is 14.7 Å². The van der Waals surface area contributed by atoms with Gasteiger partial charge in [-0.05, 0) is 68.1 Å². The van der Waals surface area contributed by atoms with Crippen molar-refractivity contribution >= 4 is 17.4 Å². The Bertz CT molecular complexity index is 1040. The molecule has 0 spiro atoms. The van der Waals surface area contributed by atoms with Crippen LogP contribution in [0.25, 0.3) is 5.76 Å². The number of benzene rings is 2. The molecule has 0 radical (unpaired) electrons. The predicted molar refractivity (Wildman–Crippen MR) is 134 cm³/mol. The van der Waals surface area contributed by atoms with Gasteiger partial charge in [0.1, 0.15) is 17.3 Å². The summed E-state index contributed by atoms with van der Waals surface area (Å²) in [6.07, 6.45) is 0.648. The number of ketones is 1. The van der Waals surface area contributed by atoms with Gasteiger partial charge in [0.25, 0.3) is 11.7 Å². The molecule has 1 aliphatic rings. The molecule has 1 saturated heterocycles. The fourth-order valence-corrected chi connectivity index (χ4v) is 3.92. The van der Waals surface area contributed by atoms with Crippen LogP contribution < -0.4 is 9.47 Å². The van der Waals surface area contributed by atoms with Gasteiger partial charge in [0.15, 0.2) is 0 Å². The first-order chi connectivity index (χ1) is 16.7. The Morgan fingerprint density at radius 1 is 0.971 bits per heavy atom. The third-order valence-corrected chi connectivity index (χ3v) is 5.68. The molecule has 35 heavy (non-hydrogen) atoms. The Hall–Kier alpha value is -3.32. The normalized spacial score (nSPS) is 17.5. The van der Waals surface area contributed by atoms with Crippen molar-refractivity contribution in [2.45, 2.75) is 46.3 Å². The quantitative estimate of drug-likeness (QED) is 0.211. The summed E-state index contributed by atoms with van der Waals surface area (Å²) in [6.45, 7) is 9.39. The minimum atomic E-state index is -0.711. The number of aliphatic hydroxyl groups excluding tert-OH is 1. The number of nitrogens with zero attached hydrogens (tertiary/aromatic N) is 1. The van der Waals surface area contributed by atoms with Gasteiger partial charge >= 0.3 is 0 Å². The maximum Gasteiger partial charge on any atom is 0.295 e. The fraction of sp³-hybridized carbons (Fsp3) is 0.429. The minimum absolute atomic E-state index is 0.0702. The molecule has 1 heterocycles. The third-order valence-electron chi connectivity index (χ3n) is 5.68. The van der Waals surface area contributed by atoms with Gasteiger partial charge in [-0.15, -0.1) is 0 Å². The fourth-order valence-electron chi connectivity index (χ4n) is 3.92. The van der Waals surface area contributed by atoms with Gasteiger partial charge in [-0.1, -0.05) is 26.0 Å². The van der Waals surface area contributed by atoms with Crippen molar-refractivity contribution in [3.8, 4) is 11.5 Å². The van der Waals surface area contributed by atoms with Crippen molar-refractivity contribution < 1.29 is 28.9 Å². The molecule has 0 aromatic heterocycles. The highest BCUT2D eigenvalue weighted by Gasteiger charge is 2.45. The van der Waals surface area contributed by atoms with Gasteiger partial charge in [0.2, 0.25) is 0 Å². The highest BCUT2D eigenvalue weighted by Crippen LogP contribution is 2.40. The van der Waals surface area contributed by atoms with Crippen LogP contribution in [0.5, 0.6) is 11.5 Å². The lowest BCUT2D eigenvalue weighted by atomic mass is 9.95. The summed E-state index contributed by atoms with van der Waals surface area (Å²) >= 11 is 0. The Kier molecular flexibility index (Phi) is 8.93. The SMILES string of the molecule is COc1ccc(C2/C(=C(/O)c3ccc(OCC(C)C)cc3)C(=O)C(=O)N2CCCOC(C)C)cc1. The molecule has 0 aliphatic carbocycles. The van der Waals surface area contributed by atoms with E-state index in [1.165, 1.54) is 4.90 Å². The number of amides is 1. The number of likely N-dealkylation sites (tertiary alicyclic amines) is 1. The summed E-state index contributed by atoms with van der Waals surface area (Å²) in [7, 11) is 1.57. The van der Waals surface area contributed by atoms with E-state index in [0.717, 1.165) is 0 Å². The molecule has 1 N–H and O–H groups in total. The van der Waals surface area contributed by atoms with Gasteiger partial charge in [-0.3, -0.25) is 9.59 Å². The molecule has 188 valence electrons. The second-order valence-corrected chi connectivity index (χ2v) is 9.27. The lowest BCUT2D eigenvalue weighted by Crippen LogP contribution is -2.31. The molecule has 1 amide bonds. The molecule has 1 fully saturated rings. The first-order valence-corrected chi connectivity index (χ1v) is 12.0. The van der Waals surface area contributed by atoms with Crippen molar-refractivity contribution in [2.75, 3.05) is 26.9 Å². The van der Waals surface area contributed by atoms with Crippen LogP contribution in [0.15, 0.2) is 54.1 Å². The minimum Gasteiger partial charge on any atom is -0.507 e. The summed E-state index contributed by atoms with van der Waals surface area (Å²) in [5.41, 5.74) is 1.23. The molecular formula is C28H35NO6. The van der Waals surface area contributed by atoms with E-state index in [-0.39, 0.29) is 17.4 Å². The molecule has 1 atom stereocenters. The predicted octanol–water partition coefficient (Wildman–Crippen LogP) is 4.97. The molecule has 2 aromatic carbocycles. The molecule has 0 bridgehead atoms. The summed E-state index contributed by atoms with van der Waals surface area (Å²) < 4.78 is 16.6. The zero-order valence-corrected chi connectivity index (χ0v) is 21.1. The number of hydrogen-bond acceptors (Lipinski definition) is 6. The molecule has 0 saturated carbocycles. The van der Waals surface area contributed by atoms with E-state index in [1.54, 1.807) is 43.5 Å². The van der Waals surface area contributed by atoms with Crippen LogP contribution in [0.1, 0.15) is 51.3 Å². The number of ether oxygens (including phenoxy) is 3. The zero-order valence-electron chi connectivity index (χ0n) is 21.1. The molecular weight excluding hydrogens is 446 g/mol. The number of Topliss-reactive ketones (excluding diaryl/α,β-unsaturated/α-hetero) is 1. The van der Waals surface area contributed by atoms with Crippen molar-refractivity contribution in [1.82, 2.24) is 4.90 Å². The van der Waals surface area contributed by atoms with E-state index in [1.807, 2.05) is 26.0 Å². The topological polar surface area (TPSA) is 85.3 Å². The Morgan fingerprint density at radius 2 is 1.60 bits per heavy atom. The maximum absolute atomic E-state index is 13.1. The van der Waals surface area contributed by atoms with Gasteiger partial charge in [-0.25, -0.2) is 0 Å². The van der Waals surface area contributed by atoms with Crippen molar-refractivity contribution in [3.63, 3.8) is 0 Å². The number of carbonyl (C=O) groups is 2. The smallest absolute Gasteiger partial charge is 0.295 e. The van der Waals surface area contributed by atoms with E-state index in [4.69, 9.17) is 14.2 Å². The molecule has 1 unspecified atom stereocenters. The second kappa shape index (κ2) is 11.9. The van der Waals surface area contributed by atoms with Crippen molar-refractivity contribution in [3.05, 3.63) is 65.2 Å². The monoisotopic (exact) mass is 481 g/mol. The summed E-state index contributed by atoms with van der Waals surface area (Å²) in [5.74, 6) is 0.178. The van der Waals surface area contributed by atoms with Crippen LogP contribution in [0.2, 0.25) is 0 Å². The number of methoxy groups -OCH3 is 1. The molecule has 3 rings (SSSR count). The Labute approximate surface area is 207 Å². The average molecular weight is 482 g/mol. The van der Waals surface area contributed by atoms with Crippen LogP contribution in [-0.2, 0) is 14.3 Å². The number of aliphatic hydroxyl groups is 1. The van der Waals surface area contributed by atoms with Gasteiger partial charge in [-0.2, -0.15) is 0 Å². The van der Waals surface area contributed by atoms with E-state index < -0.39 is 17.7 Å². The van der Waals surface area contributed by atoms with Crippen LogP contribution in [0, 0.1) is 5.92 Å². The summed E-state index contributed by atoms with van der Waals surface area (Å²) in [4.78, 5) is 27.7. The first-order valence-electron chi connectivity index (χ1n) is 12.0. The second-order valence-electron chi connectivity index (χ2n) is 9.27. The van der Waals surface area contributed by atoms with Crippen LogP contribution >= 0.6 is 0 Å². The van der Waals surface area contributed by atoms with Crippen LogP contribution in [0.4, 0.5) is 0 Å². The summed E-state index contributed by atoms with van der Waals surface area (Å²) in [6, 6.07) is 13.3. The lowest BCUT2D eigenvalue weighted by molar-refractivity contribution is -0.140. The number of hydrogen-bond donors (Lipinski definition) is 1. The Morgan fingerprint density at radius 3 is 2.17 bits per heavy atom. The van der Waals surface area contributed by atoms with Gasteiger partial charge in [0.05, 0.1) is 31.4 Å². The van der Waals surface area contributed by atoms with E-state index >= 15 is 0 Å². The average Bonchev–Trinajstić information content (AvgIpc) is 3.10. The van der Waals surface area contributed by atoms with Crippen molar-refractivity contribution in [2.24, 2.45) is 5.92 Å². The van der Waals surface area contributed by atoms with Crippen LogP contribution in [-0.4, -0.2) is 54.7 Å². The Balaban J connectivity index is 1.96. The zero-order chi connectivity index (χ0) is 25.5. The largest absolute Gasteiger partial charge is 0.507 e. The maximum atomic E-state index is 13.1. The molecule has 7 nitrogen and oxygen atoms in total. The van der Waals surface area contributed by atoms with Crippen molar-refractivity contribution in [1.29, 1.82) is 0 Å². The highest BCUT2D eigenvalue weighted by molar-refractivity contribution is 6.46. The standard InChI is InChI=1S/C28H35NO6/c1-18(2)17-35-23-13-9-21(10-14-23)26(30)24-25(20-7-11-22(33-5)12-8-20)29(28(32)27(24)31)15-6-16-34-19(3)4/h7-14,18-19,25,30H,6,15-17H2,1-5H3/b26-24-. The highest BCUT2D eigenvalue weighted by atomic mass is 16.5. The molecule has 7 heteroatoms. The van der Waals surface area contributed by atoms with E-state index in [2.05, 4.69) is 13.8 Å². The number of carbonyl (C=O) groups excluding carboxylic acids is 2. The first kappa shape index (κ1) is 26.3. The van der Waals surface area contributed by atoms with Crippen LogP contribution in [0.3, 0.4) is 0 Å². The number of rotatable bonds is 11. The summed E-state index contributed by atoms with van der Waals surface area (Å²) in [5, 5.41) is 11.2. The van der Waals surface area contributed by atoms with Gasteiger partial charge < -0.3 is 24.2 Å². The lowest BCUT2D eigenvalue weighted by Gasteiger charge is -2.25. The molecule has 1 aliphatic heterocycles. The van der Waals surface area contributed by atoms with Gasteiger partial charge in [0, 0.05) is 18.7 Å².